The van der Waals surface area contributed by atoms with E-state index in [0.29, 0.717) is 25.6 Å². The second kappa shape index (κ2) is 13.3. The number of halogens is 1. The first kappa shape index (κ1) is 27.7. The van der Waals surface area contributed by atoms with Crippen LogP contribution in [0.5, 0.6) is 0 Å². The van der Waals surface area contributed by atoms with Crippen LogP contribution in [0.1, 0.15) is 57.2 Å². The number of ether oxygens (including phenoxy) is 1. The first-order valence-electron chi connectivity index (χ1n) is 10.7. The van der Waals surface area contributed by atoms with Crippen molar-refractivity contribution in [1.82, 2.24) is 20.7 Å². The minimum absolute atomic E-state index is 0. The molecule has 0 saturated heterocycles. The highest BCUT2D eigenvalue weighted by atomic mass is 127. The van der Waals surface area contributed by atoms with E-state index in [-0.39, 0.29) is 30.1 Å². The minimum Gasteiger partial charge on any atom is -0.444 e. The van der Waals surface area contributed by atoms with Crippen LogP contribution in [0.3, 0.4) is 0 Å². The van der Waals surface area contributed by atoms with Crippen LogP contribution in [0.15, 0.2) is 39.8 Å². The van der Waals surface area contributed by atoms with E-state index in [0.717, 1.165) is 35.5 Å². The van der Waals surface area contributed by atoms with Gasteiger partial charge >= 0.3 is 6.09 Å². The van der Waals surface area contributed by atoms with Gasteiger partial charge in [0, 0.05) is 26.2 Å². The summed E-state index contributed by atoms with van der Waals surface area (Å²) in [4.78, 5) is 18.3. The molecule has 0 aliphatic rings. The van der Waals surface area contributed by atoms with Gasteiger partial charge in [0.15, 0.2) is 11.7 Å². The second-order valence-electron chi connectivity index (χ2n) is 8.34. The average molecular weight is 557 g/mol. The SMILES string of the molecule is CCNC(=NCc1ccc(CN(C)C(=O)OC(C)(C)C)cc1)NCc1cc(CC)no1.I. The number of hydrogen-bond acceptors (Lipinski definition) is 5. The molecule has 8 nitrogen and oxygen atoms in total. The lowest BCUT2D eigenvalue weighted by Crippen LogP contribution is -2.36. The third-order valence-electron chi connectivity index (χ3n) is 4.31. The van der Waals surface area contributed by atoms with E-state index < -0.39 is 5.60 Å². The van der Waals surface area contributed by atoms with Gasteiger partial charge in [-0.25, -0.2) is 9.79 Å². The molecule has 0 unspecified atom stereocenters. The first-order chi connectivity index (χ1) is 14.7. The highest BCUT2D eigenvalue weighted by molar-refractivity contribution is 14.0. The number of aliphatic imine (C=N–C) groups is 1. The summed E-state index contributed by atoms with van der Waals surface area (Å²) in [7, 11) is 1.73. The Morgan fingerprint density at radius 1 is 1.16 bits per heavy atom. The zero-order valence-electron chi connectivity index (χ0n) is 19.9. The molecule has 1 heterocycles. The van der Waals surface area contributed by atoms with E-state index in [1.807, 2.05) is 65.0 Å². The van der Waals surface area contributed by atoms with Gasteiger partial charge in [0.25, 0.3) is 0 Å². The highest BCUT2D eigenvalue weighted by Gasteiger charge is 2.19. The summed E-state index contributed by atoms with van der Waals surface area (Å²) in [6, 6.07) is 10.0. The van der Waals surface area contributed by atoms with Gasteiger partial charge in [0.2, 0.25) is 0 Å². The van der Waals surface area contributed by atoms with Gasteiger partial charge < -0.3 is 24.8 Å². The summed E-state index contributed by atoms with van der Waals surface area (Å²) < 4.78 is 10.7. The monoisotopic (exact) mass is 557 g/mol. The molecule has 0 radical (unpaired) electrons. The van der Waals surface area contributed by atoms with Gasteiger partial charge in [-0.2, -0.15) is 0 Å². The number of nitrogens with one attached hydrogen (secondary N) is 2. The Bertz CT molecular complexity index is 859. The predicted molar refractivity (Wildman–Crippen MR) is 137 cm³/mol. The number of carbonyl (C=O) groups excluding carboxylic acids is 1. The van der Waals surface area contributed by atoms with Gasteiger partial charge in [-0.3, -0.25) is 0 Å². The molecule has 1 aromatic heterocycles. The lowest BCUT2D eigenvalue weighted by Gasteiger charge is -2.24. The van der Waals surface area contributed by atoms with Crippen molar-refractivity contribution in [2.45, 2.75) is 66.3 Å². The smallest absolute Gasteiger partial charge is 0.410 e. The molecule has 0 atom stereocenters. The van der Waals surface area contributed by atoms with E-state index in [4.69, 9.17) is 9.26 Å². The Labute approximate surface area is 208 Å². The number of guanidine groups is 1. The molecule has 32 heavy (non-hydrogen) atoms. The number of aryl methyl sites for hydroxylation is 1. The minimum atomic E-state index is -0.503. The summed E-state index contributed by atoms with van der Waals surface area (Å²) in [5, 5.41) is 10.5. The van der Waals surface area contributed by atoms with Crippen LogP contribution < -0.4 is 10.6 Å². The Hall–Kier alpha value is -2.30. The van der Waals surface area contributed by atoms with Crippen molar-refractivity contribution in [1.29, 1.82) is 0 Å². The predicted octanol–water partition coefficient (Wildman–Crippen LogP) is 4.48. The van der Waals surface area contributed by atoms with Crippen LogP contribution in [-0.2, 0) is 30.8 Å². The number of carbonyl (C=O) groups is 1. The van der Waals surface area contributed by atoms with E-state index in [9.17, 15) is 4.79 Å². The summed E-state index contributed by atoms with van der Waals surface area (Å²) in [5.41, 5.74) is 2.55. The zero-order chi connectivity index (χ0) is 22.9. The maximum Gasteiger partial charge on any atom is 0.410 e. The van der Waals surface area contributed by atoms with E-state index in [1.165, 1.54) is 0 Å². The third-order valence-corrected chi connectivity index (χ3v) is 4.31. The molecule has 2 N–H and O–H groups in total. The fourth-order valence-corrected chi connectivity index (χ4v) is 2.72. The molecule has 0 saturated carbocycles. The number of aromatic nitrogens is 1. The zero-order valence-corrected chi connectivity index (χ0v) is 22.2. The summed E-state index contributed by atoms with van der Waals surface area (Å²) in [5.74, 6) is 1.49. The van der Waals surface area contributed by atoms with E-state index >= 15 is 0 Å². The maximum absolute atomic E-state index is 12.1. The molecular formula is C23H36IN5O3. The molecule has 2 aromatic rings. The highest BCUT2D eigenvalue weighted by Crippen LogP contribution is 2.12. The van der Waals surface area contributed by atoms with E-state index in [2.05, 4.69) is 20.8 Å². The summed E-state index contributed by atoms with van der Waals surface area (Å²) in [6.45, 7) is 12.0. The molecule has 0 bridgehead atoms. The standard InChI is InChI=1S/C23H35N5O3.HI/c1-7-19-13-20(31-27-19)15-26-21(24-8-2)25-14-17-9-11-18(12-10-17)16-28(6)22(29)30-23(3,4)5;/h9-13H,7-8,14-16H2,1-6H3,(H2,24,25,26);1H. The van der Waals surface area contributed by atoms with Crippen molar-refractivity contribution in [3.05, 3.63) is 52.9 Å². The van der Waals surface area contributed by atoms with Crippen molar-refractivity contribution < 1.29 is 14.1 Å². The second-order valence-corrected chi connectivity index (χ2v) is 8.34. The maximum atomic E-state index is 12.1. The van der Waals surface area contributed by atoms with Crippen molar-refractivity contribution >= 4 is 36.0 Å². The van der Waals surface area contributed by atoms with Gasteiger partial charge in [0.05, 0.1) is 18.8 Å². The molecule has 1 aromatic carbocycles. The number of rotatable bonds is 8. The molecule has 0 fully saturated rings. The van der Waals surface area contributed by atoms with Crippen molar-refractivity contribution in [3.8, 4) is 0 Å². The summed E-state index contributed by atoms with van der Waals surface area (Å²) >= 11 is 0. The third kappa shape index (κ3) is 9.88. The van der Waals surface area contributed by atoms with Crippen molar-refractivity contribution in [2.75, 3.05) is 13.6 Å². The lowest BCUT2D eigenvalue weighted by molar-refractivity contribution is 0.0285. The van der Waals surface area contributed by atoms with Crippen LogP contribution in [-0.4, -0.2) is 41.3 Å². The molecule has 0 spiro atoms. The Morgan fingerprint density at radius 2 is 1.81 bits per heavy atom. The van der Waals surface area contributed by atoms with Gasteiger partial charge in [0.1, 0.15) is 5.60 Å². The average Bonchev–Trinajstić information content (AvgIpc) is 3.18. The van der Waals surface area contributed by atoms with Crippen molar-refractivity contribution in [2.24, 2.45) is 4.99 Å². The van der Waals surface area contributed by atoms with Gasteiger partial charge in [-0.15, -0.1) is 24.0 Å². The molecule has 1 amide bonds. The van der Waals surface area contributed by atoms with Crippen LogP contribution in [0.2, 0.25) is 0 Å². The van der Waals surface area contributed by atoms with Crippen LogP contribution in [0, 0.1) is 0 Å². The quantitative estimate of drug-likeness (QED) is 0.283. The first-order valence-corrected chi connectivity index (χ1v) is 10.7. The molecule has 2 rings (SSSR count). The lowest BCUT2D eigenvalue weighted by atomic mass is 10.1. The number of amides is 1. The van der Waals surface area contributed by atoms with Crippen LogP contribution in [0.25, 0.3) is 0 Å². The topological polar surface area (TPSA) is 92.0 Å². The Balaban J connectivity index is 0.00000512. The van der Waals surface area contributed by atoms with Gasteiger partial charge in [-0.1, -0.05) is 36.3 Å². The molecule has 0 aliphatic carbocycles. The summed E-state index contributed by atoms with van der Waals surface area (Å²) in [6.07, 6.45) is 0.515. The number of nitrogens with zero attached hydrogens (tertiary/aromatic N) is 3. The number of benzene rings is 1. The normalized spacial score (nSPS) is 11.5. The fraction of sp³-hybridized carbons (Fsp3) is 0.522. The van der Waals surface area contributed by atoms with Crippen LogP contribution in [0.4, 0.5) is 4.79 Å². The molecule has 0 aliphatic heterocycles. The van der Waals surface area contributed by atoms with Crippen molar-refractivity contribution in [3.63, 3.8) is 0 Å². The van der Waals surface area contributed by atoms with Crippen LogP contribution >= 0.6 is 24.0 Å². The number of hydrogen-bond donors (Lipinski definition) is 2. The Kier molecular flexibility index (Phi) is 11.5. The molecular weight excluding hydrogens is 521 g/mol. The van der Waals surface area contributed by atoms with Gasteiger partial charge in [-0.05, 0) is 45.2 Å². The Morgan fingerprint density at radius 3 is 2.38 bits per heavy atom. The molecule has 9 heteroatoms. The largest absolute Gasteiger partial charge is 0.444 e. The molecule has 178 valence electrons. The van der Waals surface area contributed by atoms with E-state index in [1.54, 1.807) is 11.9 Å². The fourth-order valence-electron chi connectivity index (χ4n) is 2.72.